The van der Waals surface area contributed by atoms with E-state index in [1.165, 1.54) is 18.2 Å². The molecular formula is C14H20FNO2. The number of carboxylic acids is 1. The lowest BCUT2D eigenvalue weighted by molar-refractivity contribution is 0.0696. The van der Waals surface area contributed by atoms with Crippen molar-refractivity contribution in [3.63, 3.8) is 0 Å². The first-order chi connectivity index (χ1) is 8.54. The van der Waals surface area contributed by atoms with Crippen LogP contribution in [0.2, 0.25) is 0 Å². The third-order valence-electron chi connectivity index (χ3n) is 2.92. The van der Waals surface area contributed by atoms with Crippen LogP contribution in [0.4, 0.5) is 4.39 Å². The van der Waals surface area contributed by atoms with E-state index in [1.807, 2.05) is 0 Å². The fourth-order valence-corrected chi connectivity index (χ4v) is 1.74. The molecule has 4 heteroatoms. The van der Waals surface area contributed by atoms with E-state index in [1.54, 1.807) is 0 Å². The Hall–Kier alpha value is -1.42. The molecule has 0 aliphatic rings. The van der Waals surface area contributed by atoms with Crippen LogP contribution in [0.1, 0.15) is 49.0 Å². The average molecular weight is 253 g/mol. The van der Waals surface area contributed by atoms with Crippen molar-refractivity contribution in [1.29, 1.82) is 0 Å². The Labute approximate surface area is 107 Å². The number of nitrogens with one attached hydrogen (secondary N) is 1. The van der Waals surface area contributed by atoms with Gasteiger partial charge in [0.05, 0.1) is 5.56 Å². The monoisotopic (exact) mass is 253 g/mol. The van der Waals surface area contributed by atoms with Crippen molar-refractivity contribution in [2.24, 2.45) is 0 Å². The van der Waals surface area contributed by atoms with Crippen LogP contribution in [-0.2, 0) is 6.54 Å². The van der Waals surface area contributed by atoms with E-state index in [0.717, 1.165) is 19.3 Å². The van der Waals surface area contributed by atoms with Crippen LogP contribution in [-0.4, -0.2) is 17.1 Å². The maximum absolute atomic E-state index is 13.5. The molecule has 2 N–H and O–H groups in total. The molecule has 1 rings (SSSR count). The summed E-state index contributed by atoms with van der Waals surface area (Å²) in [7, 11) is 0. The predicted octanol–water partition coefficient (Wildman–Crippen LogP) is 3.19. The van der Waals surface area contributed by atoms with Gasteiger partial charge in [0.15, 0.2) is 0 Å². The number of carbonyl (C=O) groups is 1. The number of hydrogen-bond donors (Lipinski definition) is 2. The molecule has 1 aromatic carbocycles. The summed E-state index contributed by atoms with van der Waals surface area (Å²) in [5, 5.41) is 12.1. The summed E-state index contributed by atoms with van der Waals surface area (Å²) in [5.74, 6) is -1.40. The maximum Gasteiger partial charge on any atom is 0.335 e. The molecule has 1 unspecified atom stereocenters. The maximum atomic E-state index is 13.5. The molecule has 0 fully saturated rings. The van der Waals surface area contributed by atoms with Crippen LogP contribution in [0.3, 0.4) is 0 Å². The standard InChI is InChI=1S/C14H20FNO2/c1-3-4-5-10(2)16-9-12-8-11(14(17)18)6-7-13(12)15/h6-8,10,16H,3-5,9H2,1-2H3,(H,17,18). The molecule has 0 saturated heterocycles. The topological polar surface area (TPSA) is 49.3 Å². The van der Waals surface area contributed by atoms with Crippen molar-refractivity contribution < 1.29 is 14.3 Å². The lowest BCUT2D eigenvalue weighted by Gasteiger charge is -2.14. The van der Waals surface area contributed by atoms with Crippen molar-refractivity contribution in [3.8, 4) is 0 Å². The molecule has 3 nitrogen and oxygen atoms in total. The van der Waals surface area contributed by atoms with Gasteiger partial charge in [0.25, 0.3) is 0 Å². The smallest absolute Gasteiger partial charge is 0.335 e. The minimum absolute atomic E-state index is 0.120. The van der Waals surface area contributed by atoms with Crippen LogP contribution in [0.15, 0.2) is 18.2 Å². The molecule has 0 bridgehead atoms. The van der Waals surface area contributed by atoms with E-state index in [0.29, 0.717) is 18.2 Å². The van der Waals surface area contributed by atoms with E-state index in [-0.39, 0.29) is 11.4 Å². The van der Waals surface area contributed by atoms with E-state index >= 15 is 0 Å². The molecular weight excluding hydrogens is 233 g/mol. The van der Waals surface area contributed by atoms with Gasteiger partial charge in [0.1, 0.15) is 5.82 Å². The van der Waals surface area contributed by atoms with Crippen molar-refractivity contribution >= 4 is 5.97 Å². The molecule has 0 radical (unpaired) electrons. The highest BCUT2D eigenvalue weighted by molar-refractivity contribution is 5.87. The first-order valence-corrected chi connectivity index (χ1v) is 6.29. The largest absolute Gasteiger partial charge is 0.478 e. The van der Waals surface area contributed by atoms with Crippen molar-refractivity contribution in [2.45, 2.75) is 45.7 Å². The molecule has 1 aromatic rings. The molecule has 0 amide bonds. The minimum Gasteiger partial charge on any atom is -0.478 e. The van der Waals surface area contributed by atoms with E-state index in [2.05, 4.69) is 19.2 Å². The summed E-state index contributed by atoms with van der Waals surface area (Å²) in [6, 6.07) is 4.17. The zero-order chi connectivity index (χ0) is 13.5. The number of hydrogen-bond acceptors (Lipinski definition) is 2. The third kappa shape index (κ3) is 4.45. The Kier molecular flexibility index (Phi) is 5.78. The Bertz CT molecular complexity index is 407. The van der Waals surface area contributed by atoms with Crippen LogP contribution >= 0.6 is 0 Å². The van der Waals surface area contributed by atoms with Gasteiger partial charge >= 0.3 is 5.97 Å². The summed E-state index contributed by atoms with van der Waals surface area (Å²) in [5.41, 5.74) is 0.521. The molecule has 0 heterocycles. The zero-order valence-electron chi connectivity index (χ0n) is 10.9. The van der Waals surface area contributed by atoms with Gasteiger partial charge in [-0.25, -0.2) is 9.18 Å². The second-order valence-corrected chi connectivity index (χ2v) is 4.54. The number of carboxylic acid groups (broad SMARTS) is 1. The summed E-state index contributed by atoms with van der Waals surface area (Å²) < 4.78 is 13.5. The first-order valence-electron chi connectivity index (χ1n) is 6.29. The average Bonchev–Trinajstić information content (AvgIpc) is 2.35. The Morgan fingerprint density at radius 1 is 1.50 bits per heavy atom. The van der Waals surface area contributed by atoms with Gasteiger partial charge in [0, 0.05) is 18.2 Å². The van der Waals surface area contributed by atoms with E-state index in [4.69, 9.17) is 5.11 Å². The van der Waals surface area contributed by atoms with Gasteiger partial charge in [0.2, 0.25) is 0 Å². The van der Waals surface area contributed by atoms with E-state index < -0.39 is 5.97 Å². The number of aromatic carboxylic acids is 1. The summed E-state index contributed by atoms with van der Waals surface area (Å²) in [6.07, 6.45) is 3.30. The second kappa shape index (κ2) is 7.11. The Morgan fingerprint density at radius 3 is 2.83 bits per heavy atom. The summed E-state index contributed by atoms with van der Waals surface area (Å²) in [4.78, 5) is 10.8. The Morgan fingerprint density at radius 2 is 2.22 bits per heavy atom. The predicted molar refractivity (Wildman–Crippen MR) is 69.2 cm³/mol. The van der Waals surface area contributed by atoms with Gasteiger partial charge in [-0.05, 0) is 31.5 Å². The molecule has 0 spiro atoms. The van der Waals surface area contributed by atoms with Crippen LogP contribution < -0.4 is 5.32 Å². The van der Waals surface area contributed by atoms with Crippen LogP contribution in [0.5, 0.6) is 0 Å². The minimum atomic E-state index is -1.03. The Balaban J connectivity index is 2.60. The fraction of sp³-hybridized carbons (Fsp3) is 0.500. The highest BCUT2D eigenvalue weighted by Crippen LogP contribution is 2.11. The fourth-order valence-electron chi connectivity index (χ4n) is 1.74. The summed E-state index contributed by atoms with van der Waals surface area (Å²) >= 11 is 0. The molecule has 0 saturated carbocycles. The first kappa shape index (κ1) is 14.6. The highest BCUT2D eigenvalue weighted by Gasteiger charge is 2.09. The number of rotatable bonds is 7. The molecule has 0 aliphatic carbocycles. The van der Waals surface area contributed by atoms with Gasteiger partial charge in [-0.1, -0.05) is 19.8 Å². The second-order valence-electron chi connectivity index (χ2n) is 4.54. The zero-order valence-corrected chi connectivity index (χ0v) is 10.9. The normalized spacial score (nSPS) is 12.4. The van der Waals surface area contributed by atoms with Crippen molar-refractivity contribution in [2.75, 3.05) is 0 Å². The molecule has 18 heavy (non-hydrogen) atoms. The van der Waals surface area contributed by atoms with Gasteiger partial charge in [-0.15, -0.1) is 0 Å². The summed E-state index contributed by atoms with van der Waals surface area (Å²) in [6.45, 7) is 4.54. The van der Waals surface area contributed by atoms with Crippen molar-refractivity contribution in [1.82, 2.24) is 5.32 Å². The SMILES string of the molecule is CCCCC(C)NCc1cc(C(=O)O)ccc1F. The lowest BCUT2D eigenvalue weighted by Crippen LogP contribution is -2.25. The molecule has 1 atom stereocenters. The number of unbranched alkanes of at least 4 members (excludes halogenated alkanes) is 1. The number of halogens is 1. The van der Waals surface area contributed by atoms with Crippen LogP contribution in [0.25, 0.3) is 0 Å². The van der Waals surface area contributed by atoms with Gasteiger partial charge in [-0.3, -0.25) is 0 Å². The van der Waals surface area contributed by atoms with E-state index in [9.17, 15) is 9.18 Å². The highest BCUT2D eigenvalue weighted by atomic mass is 19.1. The van der Waals surface area contributed by atoms with Crippen LogP contribution in [0, 0.1) is 5.82 Å². The van der Waals surface area contributed by atoms with Gasteiger partial charge in [-0.2, -0.15) is 0 Å². The number of benzene rings is 1. The third-order valence-corrected chi connectivity index (χ3v) is 2.92. The quantitative estimate of drug-likeness (QED) is 0.784. The lowest BCUT2D eigenvalue weighted by atomic mass is 10.1. The van der Waals surface area contributed by atoms with Crippen molar-refractivity contribution in [3.05, 3.63) is 35.1 Å². The molecule has 0 aromatic heterocycles. The molecule has 100 valence electrons. The van der Waals surface area contributed by atoms with Gasteiger partial charge < -0.3 is 10.4 Å². The molecule has 0 aliphatic heterocycles.